The number of carbonyl (C=O) groups is 1. The highest BCUT2D eigenvalue weighted by Crippen LogP contribution is 2.45. The zero-order valence-electron chi connectivity index (χ0n) is 13.6. The number of anilines is 1. The molecule has 2 aromatic carbocycles. The summed E-state index contributed by atoms with van der Waals surface area (Å²) in [7, 11) is 0. The van der Waals surface area contributed by atoms with Gasteiger partial charge in [0.2, 0.25) is 5.91 Å². The van der Waals surface area contributed by atoms with Gasteiger partial charge in [0.05, 0.1) is 4.92 Å². The fourth-order valence-corrected chi connectivity index (χ4v) is 3.93. The van der Waals surface area contributed by atoms with Crippen molar-refractivity contribution < 1.29 is 9.72 Å². The Labute approximate surface area is 144 Å². The zero-order valence-corrected chi connectivity index (χ0v) is 14.4. The van der Waals surface area contributed by atoms with E-state index in [4.69, 9.17) is 0 Å². The van der Waals surface area contributed by atoms with E-state index in [2.05, 4.69) is 0 Å². The molecule has 1 heterocycles. The highest BCUT2D eigenvalue weighted by molar-refractivity contribution is 7.98. The molecule has 1 atom stereocenters. The number of hydrogen-bond donors (Lipinski definition) is 0. The van der Waals surface area contributed by atoms with E-state index in [1.54, 1.807) is 17.8 Å². The second-order valence-corrected chi connectivity index (χ2v) is 6.99. The third-order valence-corrected chi connectivity index (χ3v) is 5.22. The number of thioether (sulfide) groups is 1. The van der Waals surface area contributed by atoms with Crippen molar-refractivity contribution in [1.29, 1.82) is 0 Å². The maximum Gasteiger partial charge on any atom is 0.294 e. The van der Waals surface area contributed by atoms with E-state index >= 15 is 0 Å². The van der Waals surface area contributed by atoms with E-state index in [0.29, 0.717) is 12.2 Å². The number of benzene rings is 2. The average molecular weight is 342 g/mol. The summed E-state index contributed by atoms with van der Waals surface area (Å²) in [4.78, 5) is 25.3. The maximum atomic E-state index is 11.8. The molecule has 2 aromatic rings. The first-order chi connectivity index (χ1) is 11.5. The van der Waals surface area contributed by atoms with Gasteiger partial charge in [0.1, 0.15) is 5.69 Å². The van der Waals surface area contributed by atoms with E-state index in [1.807, 2.05) is 43.3 Å². The van der Waals surface area contributed by atoms with Crippen LogP contribution in [0.15, 0.2) is 47.4 Å². The molecule has 1 unspecified atom stereocenters. The molecule has 0 radical (unpaired) electrons. The number of hydrogen-bond acceptors (Lipinski definition) is 4. The lowest BCUT2D eigenvalue weighted by atomic mass is 10.0. The number of carbonyl (C=O) groups excluding carboxylic acids is 1. The maximum absolute atomic E-state index is 11.8. The molecule has 124 valence electrons. The quantitative estimate of drug-likeness (QED) is 0.470. The van der Waals surface area contributed by atoms with Crippen LogP contribution < -0.4 is 4.90 Å². The third-order valence-electron chi connectivity index (χ3n) is 4.18. The second kappa shape index (κ2) is 6.65. The summed E-state index contributed by atoms with van der Waals surface area (Å²) in [6.45, 7) is 3.94. The fraction of sp³-hybridized carbons (Fsp3) is 0.278. The normalized spacial score (nSPS) is 16.1. The summed E-state index contributed by atoms with van der Waals surface area (Å²) in [5, 5.41) is 11.5. The van der Waals surface area contributed by atoms with Crippen molar-refractivity contribution in [2.24, 2.45) is 0 Å². The van der Waals surface area contributed by atoms with Gasteiger partial charge in [-0.2, -0.15) is 0 Å². The Kier molecular flexibility index (Phi) is 4.57. The predicted octanol–water partition coefficient (Wildman–Crippen LogP) is 4.36. The topological polar surface area (TPSA) is 63.5 Å². The number of rotatable bonds is 4. The Hall–Kier alpha value is -2.34. The number of nitro benzene ring substituents is 1. The Bertz CT molecular complexity index is 792. The first-order valence-corrected chi connectivity index (χ1v) is 8.73. The summed E-state index contributed by atoms with van der Waals surface area (Å²) in [6.07, 6.45) is 0. The minimum atomic E-state index is -0.389. The minimum Gasteiger partial charge on any atom is -0.306 e. The largest absolute Gasteiger partial charge is 0.306 e. The van der Waals surface area contributed by atoms with E-state index in [0.717, 1.165) is 16.2 Å². The van der Waals surface area contributed by atoms with Gasteiger partial charge >= 0.3 is 0 Å². The Morgan fingerprint density at radius 2 is 2.04 bits per heavy atom. The van der Waals surface area contributed by atoms with E-state index in [-0.39, 0.29) is 22.4 Å². The molecule has 6 heteroatoms. The van der Waals surface area contributed by atoms with Crippen molar-refractivity contribution in [3.63, 3.8) is 0 Å². The molecule has 0 bridgehead atoms. The predicted molar refractivity (Wildman–Crippen MR) is 95.5 cm³/mol. The van der Waals surface area contributed by atoms with Gasteiger partial charge < -0.3 is 4.90 Å². The van der Waals surface area contributed by atoms with Crippen molar-refractivity contribution >= 4 is 29.0 Å². The van der Waals surface area contributed by atoms with Crippen molar-refractivity contribution in [1.82, 2.24) is 0 Å². The van der Waals surface area contributed by atoms with Gasteiger partial charge in [0.25, 0.3) is 5.69 Å². The Morgan fingerprint density at radius 1 is 1.33 bits per heavy atom. The van der Waals surface area contributed by atoms with Crippen molar-refractivity contribution in [3.05, 3.63) is 63.7 Å². The molecule has 3 rings (SSSR count). The number of nitro groups is 1. The van der Waals surface area contributed by atoms with Gasteiger partial charge in [-0.15, -0.1) is 11.8 Å². The van der Waals surface area contributed by atoms with Gasteiger partial charge in [-0.1, -0.05) is 37.3 Å². The Balaban J connectivity index is 1.96. The van der Waals surface area contributed by atoms with Crippen LogP contribution in [0.3, 0.4) is 0 Å². The monoisotopic (exact) mass is 342 g/mol. The summed E-state index contributed by atoms with van der Waals surface area (Å²) < 4.78 is 0. The molecule has 0 aromatic heterocycles. The van der Waals surface area contributed by atoms with Gasteiger partial charge in [0.15, 0.2) is 0 Å². The fourth-order valence-electron chi connectivity index (χ4n) is 3.00. The number of nitrogens with zero attached hydrogens (tertiary/aromatic N) is 2. The van der Waals surface area contributed by atoms with E-state index in [1.165, 1.54) is 17.4 Å². The SMILES string of the molecule is CC(=O)N1CC(C)c2cc(SCc3ccccc3)cc([N+](=O)[O-])c21. The van der Waals surface area contributed by atoms with Crippen LogP contribution in [-0.2, 0) is 10.5 Å². The lowest BCUT2D eigenvalue weighted by molar-refractivity contribution is -0.384. The van der Waals surface area contributed by atoms with Crippen LogP contribution in [0, 0.1) is 10.1 Å². The van der Waals surface area contributed by atoms with Gasteiger partial charge in [-0.3, -0.25) is 14.9 Å². The average Bonchev–Trinajstić information content (AvgIpc) is 2.90. The number of fused-ring (bicyclic) bond motifs is 1. The molecule has 5 nitrogen and oxygen atoms in total. The Morgan fingerprint density at radius 3 is 2.67 bits per heavy atom. The van der Waals surface area contributed by atoms with E-state index in [9.17, 15) is 14.9 Å². The van der Waals surface area contributed by atoms with Crippen LogP contribution in [0.1, 0.15) is 30.9 Å². The van der Waals surface area contributed by atoms with Gasteiger partial charge in [-0.05, 0) is 17.2 Å². The number of amides is 1. The van der Waals surface area contributed by atoms with Gasteiger partial charge in [-0.25, -0.2) is 0 Å². The zero-order chi connectivity index (χ0) is 17.3. The molecule has 24 heavy (non-hydrogen) atoms. The van der Waals surface area contributed by atoms with Crippen LogP contribution in [0.5, 0.6) is 0 Å². The third kappa shape index (κ3) is 3.14. The molecule has 1 aliphatic heterocycles. The molecule has 0 N–H and O–H groups in total. The molecule has 0 fully saturated rings. The first-order valence-electron chi connectivity index (χ1n) is 7.74. The smallest absolute Gasteiger partial charge is 0.294 e. The van der Waals surface area contributed by atoms with Crippen molar-refractivity contribution in [3.8, 4) is 0 Å². The lowest BCUT2D eigenvalue weighted by Gasteiger charge is -2.15. The van der Waals surface area contributed by atoms with Crippen LogP contribution in [0.25, 0.3) is 0 Å². The van der Waals surface area contributed by atoms with Crippen LogP contribution >= 0.6 is 11.8 Å². The van der Waals surface area contributed by atoms with Crippen LogP contribution in [0.4, 0.5) is 11.4 Å². The summed E-state index contributed by atoms with van der Waals surface area (Å²) >= 11 is 1.57. The second-order valence-electron chi connectivity index (χ2n) is 5.94. The molecule has 1 amide bonds. The van der Waals surface area contributed by atoms with Crippen molar-refractivity contribution in [2.45, 2.75) is 30.4 Å². The highest BCUT2D eigenvalue weighted by atomic mass is 32.2. The molecular weight excluding hydrogens is 324 g/mol. The first kappa shape index (κ1) is 16.5. The summed E-state index contributed by atoms with van der Waals surface area (Å²) in [6, 6.07) is 13.6. The summed E-state index contributed by atoms with van der Waals surface area (Å²) in [5.74, 6) is 0.690. The molecule has 0 spiro atoms. The van der Waals surface area contributed by atoms with Crippen molar-refractivity contribution in [2.75, 3.05) is 11.4 Å². The molecule has 0 aliphatic carbocycles. The van der Waals surface area contributed by atoms with Gasteiger partial charge in [0, 0.05) is 36.1 Å². The van der Waals surface area contributed by atoms with Crippen LogP contribution in [-0.4, -0.2) is 17.4 Å². The summed E-state index contributed by atoms with van der Waals surface area (Å²) in [5.41, 5.74) is 2.53. The molecule has 0 saturated carbocycles. The standard InChI is InChI=1S/C18H18N2O3S/c1-12-10-19(13(2)21)18-16(12)8-15(9-17(18)20(22)23)24-11-14-6-4-3-5-7-14/h3-9,12H,10-11H2,1-2H3. The molecule has 0 saturated heterocycles. The minimum absolute atomic E-state index is 0.0163. The molecular formula is C18H18N2O3S. The van der Waals surface area contributed by atoms with E-state index < -0.39 is 0 Å². The molecule has 1 aliphatic rings. The highest BCUT2D eigenvalue weighted by Gasteiger charge is 2.35. The van der Waals surface area contributed by atoms with Crippen LogP contribution in [0.2, 0.25) is 0 Å². The lowest BCUT2D eigenvalue weighted by Crippen LogP contribution is -2.27.